The van der Waals surface area contributed by atoms with Crippen LogP contribution in [0, 0.1) is 6.92 Å². The van der Waals surface area contributed by atoms with Gasteiger partial charge in [-0.25, -0.2) is 13.2 Å². The van der Waals surface area contributed by atoms with E-state index < -0.39 is 28.4 Å². The quantitative estimate of drug-likeness (QED) is 0.320. The van der Waals surface area contributed by atoms with Crippen LogP contribution in [0.5, 0.6) is 0 Å². The predicted molar refractivity (Wildman–Crippen MR) is 134 cm³/mol. The third-order valence-corrected chi connectivity index (χ3v) is 7.71. The van der Waals surface area contributed by atoms with Gasteiger partial charge in [-0.3, -0.25) is 13.7 Å². The highest BCUT2D eigenvalue weighted by atomic mass is 79.9. The number of nitrogens with zero attached hydrogens (tertiary/aromatic N) is 2. The number of halogens is 1. The molecule has 0 saturated heterocycles. The van der Waals surface area contributed by atoms with Crippen molar-refractivity contribution in [1.29, 1.82) is 0 Å². The minimum Gasteiger partial charge on any atom is -0.465 e. The molecule has 0 fully saturated rings. The number of carbonyl (C=O) groups excluding carboxylic acids is 2. The van der Waals surface area contributed by atoms with E-state index in [0.717, 1.165) is 14.3 Å². The maximum absolute atomic E-state index is 13.6. The summed E-state index contributed by atoms with van der Waals surface area (Å²) in [5.74, 6) is -1.11. The molecule has 0 aliphatic rings. The average Bonchev–Trinajstić information content (AvgIpc) is 3.23. The fraction of sp³-hybridized carbons (Fsp3) is 0.120. The molecule has 0 aliphatic heterocycles. The molecule has 0 unspecified atom stereocenters. The van der Waals surface area contributed by atoms with Crippen LogP contribution in [0.1, 0.15) is 20.7 Å². The molecule has 0 atom stereocenters. The van der Waals surface area contributed by atoms with Crippen molar-refractivity contribution in [3.05, 3.63) is 94.6 Å². The summed E-state index contributed by atoms with van der Waals surface area (Å²) in [6, 6.07) is 20.0. The Kier molecular flexibility index (Phi) is 6.58. The number of para-hydroxylation sites is 1. The number of carbonyl (C=O) groups is 2. The molecule has 4 aromatic rings. The summed E-state index contributed by atoms with van der Waals surface area (Å²) in [7, 11) is -2.80. The van der Waals surface area contributed by atoms with Gasteiger partial charge < -0.3 is 4.74 Å². The fourth-order valence-corrected chi connectivity index (χ4v) is 5.30. The number of methoxy groups -OCH3 is 1. The van der Waals surface area contributed by atoms with Crippen LogP contribution in [-0.2, 0) is 14.8 Å². The van der Waals surface area contributed by atoms with Gasteiger partial charge in [0, 0.05) is 16.1 Å². The second-order valence-corrected chi connectivity index (χ2v) is 10.4. The van der Waals surface area contributed by atoms with Crippen molar-refractivity contribution in [1.82, 2.24) is 4.57 Å². The van der Waals surface area contributed by atoms with E-state index in [1.54, 1.807) is 60.7 Å². The Morgan fingerprint density at radius 2 is 1.62 bits per heavy atom. The number of benzene rings is 3. The number of ether oxygens (including phenoxy) is 1. The minimum absolute atomic E-state index is 0.0708. The molecule has 0 saturated carbocycles. The molecular formula is C25H21BrN2O5S. The van der Waals surface area contributed by atoms with Gasteiger partial charge >= 0.3 is 5.97 Å². The molecule has 3 aromatic carbocycles. The first-order valence-electron chi connectivity index (χ1n) is 10.3. The van der Waals surface area contributed by atoms with Crippen LogP contribution in [0.3, 0.4) is 0 Å². The lowest BCUT2D eigenvalue weighted by atomic mass is 10.2. The maximum atomic E-state index is 13.6. The highest BCUT2D eigenvalue weighted by Gasteiger charge is 2.29. The fourth-order valence-electron chi connectivity index (χ4n) is 3.62. The molecule has 0 radical (unpaired) electrons. The zero-order chi connectivity index (χ0) is 24.5. The Bertz CT molecular complexity index is 1480. The summed E-state index contributed by atoms with van der Waals surface area (Å²) in [5.41, 5.74) is 1.96. The Labute approximate surface area is 205 Å². The molecule has 174 valence electrons. The first kappa shape index (κ1) is 23.7. The Morgan fingerprint density at radius 3 is 2.26 bits per heavy atom. The lowest BCUT2D eigenvalue weighted by Gasteiger charge is -2.24. The molecule has 0 N–H and O–H groups in total. The van der Waals surface area contributed by atoms with Gasteiger partial charge in [-0.1, -0.05) is 51.8 Å². The number of hydrogen-bond acceptors (Lipinski definition) is 5. The van der Waals surface area contributed by atoms with E-state index in [2.05, 4.69) is 15.9 Å². The van der Waals surface area contributed by atoms with Crippen molar-refractivity contribution in [2.75, 3.05) is 18.0 Å². The minimum atomic E-state index is -4.06. The first-order valence-corrected chi connectivity index (χ1v) is 12.5. The number of rotatable bonds is 6. The van der Waals surface area contributed by atoms with Crippen LogP contribution in [-0.4, -0.2) is 38.5 Å². The third kappa shape index (κ3) is 4.49. The Morgan fingerprint density at radius 1 is 0.971 bits per heavy atom. The number of esters is 1. The summed E-state index contributed by atoms with van der Waals surface area (Å²) < 4.78 is 35.2. The molecule has 1 aromatic heterocycles. The topological polar surface area (TPSA) is 85.7 Å². The number of fused-ring (bicyclic) bond motifs is 1. The van der Waals surface area contributed by atoms with E-state index in [4.69, 9.17) is 4.74 Å². The summed E-state index contributed by atoms with van der Waals surface area (Å²) in [5, 5.41) is 0.541. The maximum Gasteiger partial charge on any atom is 0.340 e. The van der Waals surface area contributed by atoms with Gasteiger partial charge in [0.15, 0.2) is 0 Å². The summed E-state index contributed by atoms with van der Waals surface area (Å²) in [4.78, 5) is 25.8. The van der Waals surface area contributed by atoms with Gasteiger partial charge in [0.05, 0.1) is 28.8 Å². The number of aryl methyl sites for hydroxylation is 1. The van der Waals surface area contributed by atoms with Crippen molar-refractivity contribution < 1.29 is 22.7 Å². The van der Waals surface area contributed by atoms with Crippen molar-refractivity contribution in [2.24, 2.45) is 0 Å². The summed E-state index contributed by atoms with van der Waals surface area (Å²) in [6.07, 6.45) is 1.39. The van der Waals surface area contributed by atoms with Gasteiger partial charge in [-0.15, -0.1) is 0 Å². The molecule has 7 nitrogen and oxygen atoms in total. The van der Waals surface area contributed by atoms with E-state index in [-0.39, 0.29) is 10.5 Å². The average molecular weight is 541 g/mol. The lowest BCUT2D eigenvalue weighted by Crippen LogP contribution is -2.37. The smallest absolute Gasteiger partial charge is 0.340 e. The van der Waals surface area contributed by atoms with Crippen LogP contribution >= 0.6 is 15.9 Å². The third-order valence-electron chi connectivity index (χ3n) is 5.39. The summed E-state index contributed by atoms with van der Waals surface area (Å²) in [6.45, 7) is 1.39. The van der Waals surface area contributed by atoms with E-state index in [1.807, 2.05) is 6.92 Å². The molecule has 1 heterocycles. The number of anilines is 1. The molecule has 9 heteroatoms. The zero-order valence-electron chi connectivity index (χ0n) is 18.4. The zero-order valence-corrected chi connectivity index (χ0v) is 20.8. The van der Waals surface area contributed by atoms with Crippen molar-refractivity contribution in [2.45, 2.75) is 11.8 Å². The molecule has 0 amide bonds. The van der Waals surface area contributed by atoms with Gasteiger partial charge in [0.2, 0.25) is 0 Å². The number of hydrogen-bond donors (Lipinski definition) is 0. The molecule has 4 rings (SSSR count). The van der Waals surface area contributed by atoms with Crippen LogP contribution < -0.4 is 4.31 Å². The van der Waals surface area contributed by atoms with Gasteiger partial charge in [-0.2, -0.15) is 0 Å². The SMILES string of the molecule is COC(=O)c1cn(C(=O)CN(c2ccc(Br)cc2)S(=O)(=O)c2ccc(C)cc2)c2ccccc12. The van der Waals surface area contributed by atoms with Crippen LogP contribution in [0.25, 0.3) is 10.9 Å². The highest BCUT2D eigenvalue weighted by molar-refractivity contribution is 9.10. The molecule has 0 bridgehead atoms. The molecule has 34 heavy (non-hydrogen) atoms. The molecule has 0 aliphatic carbocycles. The standard InChI is InChI=1S/C25H21BrN2O5S/c1-17-7-13-20(14-8-17)34(31,32)28(19-11-9-18(26)10-12-19)16-24(29)27-15-22(25(30)33-2)21-5-3-4-6-23(21)27/h3-15H,16H2,1-2H3. The van der Waals surface area contributed by atoms with Crippen molar-refractivity contribution >= 4 is 54.4 Å². The predicted octanol–water partition coefficient (Wildman–Crippen LogP) is 5.03. The van der Waals surface area contributed by atoms with Gasteiger partial charge in [0.1, 0.15) is 6.54 Å². The van der Waals surface area contributed by atoms with E-state index in [9.17, 15) is 18.0 Å². The largest absolute Gasteiger partial charge is 0.465 e. The molecule has 0 spiro atoms. The second-order valence-electron chi connectivity index (χ2n) is 7.62. The van der Waals surface area contributed by atoms with E-state index in [1.165, 1.54) is 30.0 Å². The Balaban J connectivity index is 1.80. The first-order chi connectivity index (χ1) is 16.2. The van der Waals surface area contributed by atoms with Crippen LogP contribution in [0.2, 0.25) is 0 Å². The highest BCUT2D eigenvalue weighted by Crippen LogP contribution is 2.27. The lowest BCUT2D eigenvalue weighted by molar-refractivity contribution is 0.0603. The number of sulfonamides is 1. The normalized spacial score (nSPS) is 11.4. The number of aromatic nitrogens is 1. The monoisotopic (exact) mass is 540 g/mol. The van der Waals surface area contributed by atoms with Gasteiger partial charge in [0.25, 0.3) is 15.9 Å². The van der Waals surface area contributed by atoms with Crippen molar-refractivity contribution in [3.63, 3.8) is 0 Å². The second kappa shape index (κ2) is 9.44. The Hall–Kier alpha value is -3.43. The van der Waals surface area contributed by atoms with E-state index in [0.29, 0.717) is 16.6 Å². The summed E-state index contributed by atoms with van der Waals surface area (Å²) >= 11 is 3.35. The van der Waals surface area contributed by atoms with Crippen molar-refractivity contribution in [3.8, 4) is 0 Å². The van der Waals surface area contributed by atoms with Crippen LogP contribution in [0.4, 0.5) is 5.69 Å². The van der Waals surface area contributed by atoms with Gasteiger partial charge in [-0.05, 0) is 49.4 Å². The van der Waals surface area contributed by atoms with Crippen LogP contribution in [0.15, 0.2) is 88.4 Å². The van der Waals surface area contributed by atoms with E-state index >= 15 is 0 Å². The molecular weight excluding hydrogens is 520 g/mol.